The second kappa shape index (κ2) is 6.66. The number of amides is 1. The molecule has 2 rings (SSSR count). The minimum atomic E-state index is -0.202. The third-order valence-electron chi connectivity index (χ3n) is 3.65. The van der Waals surface area contributed by atoms with Crippen LogP contribution in [0.25, 0.3) is 0 Å². The van der Waals surface area contributed by atoms with E-state index >= 15 is 0 Å². The molecule has 2 unspecified atom stereocenters. The van der Waals surface area contributed by atoms with Crippen molar-refractivity contribution in [2.75, 3.05) is 13.1 Å². The number of carbonyl (C=O) groups excluding carboxylic acids is 1. The summed E-state index contributed by atoms with van der Waals surface area (Å²) < 4.78 is 13.4. The van der Waals surface area contributed by atoms with Crippen LogP contribution in [0.15, 0.2) is 24.3 Å². The quantitative estimate of drug-likeness (QED) is 0.871. The zero-order valence-corrected chi connectivity index (χ0v) is 11.3. The number of carbonyl (C=O) groups is 1. The van der Waals surface area contributed by atoms with Gasteiger partial charge in [-0.15, -0.1) is 0 Å². The van der Waals surface area contributed by atoms with Gasteiger partial charge in [0.25, 0.3) is 0 Å². The summed E-state index contributed by atoms with van der Waals surface area (Å²) in [4.78, 5) is 12.0. The summed E-state index contributed by atoms with van der Waals surface area (Å²) in [6.45, 7) is 3.49. The number of rotatable bonds is 4. The molecular weight excluding hydrogens is 243 g/mol. The van der Waals surface area contributed by atoms with Gasteiger partial charge in [-0.05, 0) is 44.4 Å². The number of halogens is 1. The third kappa shape index (κ3) is 4.03. The standard InChI is InChI=1S/C15H21FN2O/c1-11-10-13(7-8-17-11)15(19)18-9-6-12-4-2-3-5-14(12)16/h2-5,11,13,17H,6-10H2,1H3,(H,18,19). The second-order valence-electron chi connectivity index (χ2n) is 5.21. The van der Waals surface area contributed by atoms with Gasteiger partial charge in [-0.1, -0.05) is 18.2 Å². The summed E-state index contributed by atoms with van der Waals surface area (Å²) in [5, 5.41) is 6.24. The molecule has 1 aliphatic heterocycles. The number of hydrogen-bond acceptors (Lipinski definition) is 2. The van der Waals surface area contributed by atoms with Crippen molar-refractivity contribution in [3.63, 3.8) is 0 Å². The van der Waals surface area contributed by atoms with Gasteiger partial charge in [0.1, 0.15) is 5.82 Å². The smallest absolute Gasteiger partial charge is 0.223 e. The molecule has 0 bridgehead atoms. The largest absolute Gasteiger partial charge is 0.356 e. The lowest BCUT2D eigenvalue weighted by Crippen LogP contribution is -2.42. The van der Waals surface area contributed by atoms with Crippen molar-refractivity contribution >= 4 is 5.91 Å². The highest BCUT2D eigenvalue weighted by molar-refractivity contribution is 5.78. The van der Waals surface area contributed by atoms with E-state index in [-0.39, 0.29) is 17.6 Å². The Morgan fingerprint density at radius 1 is 1.47 bits per heavy atom. The van der Waals surface area contributed by atoms with Crippen molar-refractivity contribution in [2.45, 2.75) is 32.2 Å². The molecule has 0 aromatic heterocycles. The lowest BCUT2D eigenvalue weighted by molar-refractivity contribution is -0.126. The van der Waals surface area contributed by atoms with E-state index < -0.39 is 0 Å². The summed E-state index contributed by atoms with van der Waals surface area (Å²) in [5.41, 5.74) is 0.654. The molecule has 1 saturated heterocycles. The Labute approximate surface area is 113 Å². The average molecular weight is 264 g/mol. The van der Waals surface area contributed by atoms with Gasteiger partial charge in [0.15, 0.2) is 0 Å². The Bertz CT molecular complexity index is 436. The van der Waals surface area contributed by atoms with Gasteiger partial charge < -0.3 is 10.6 Å². The molecule has 2 N–H and O–H groups in total. The van der Waals surface area contributed by atoms with Crippen molar-refractivity contribution in [3.8, 4) is 0 Å². The lowest BCUT2D eigenvalue weighted by Gasteiger charge is -2.27. The van der Waals surface area contributed by atoms with Gasteiger partial charge in [0.05, 0.1) is 0 Å². The van der Waals surface area contributed by atoms with Gasteiger partial charge in [0.2, 0.25) is 5.91 Å². The van der Waals surface area contributed by atoms with Gasteiger partial charge in [-0.3, -0.25) is 4.79 Å². The summed E-state index contributed by atoms with van der Waals surface area (Å²) in [5.74, 6) is -0.00574. The summed E-state index contributed by atoms with van der Waals surface area (Å²) in [6.07, 6.45) is 2.31. The molecule has 0 saturated carbocycles. The number of piperidine rings is 1. The Balaban J connectivity index is 1.76. The van der Waals surface area contributed by atoms with E-state index in [9.17, 15) is 9.18 Å². The minimum absolute atomic E-state index is 0.0943. The molecule has 0 radical (unpaired) electrons. The van der Waals surface area contributed by atoms with Gasteiger partial charge in [-0.2, -0.15) is 0 Å². The Morgan fingerprint density at radius 2 is 2.26 bits per heavy atom. The normalized spacial score (nSPS) is 23.1. The summed E-state index contributed by atoms with van der Waals surface area (Å²) in [6, 6.07) is 7.10. The highest BCUT2D eigenvalue weighted by Gasteiger charge is 2.24. The van der Waals surface area contributed by atoms with E-state index in [1.807, 2.05) is 6.07 Å². The van der Waals surface area contributed by atoms with E-state index in [0.717, 1.165) is 19.4 Å². The summed E-state index contributed by atoms with van der Waals surface area (Å²) in [7, 11) is 0. The number of nitrogens with one attached hydrogen (secondary N) is 2. The van der Waals surface area contributed by atoms with E-state index in [1.54, 1.807) is 12.1 Å². The first-order valence-electron chi connectivity index (χ1n) is 6.91. The molecule has 1 heterocycles. The van der Waals surface area contributed by atoms with Crippen LogP contribution in [0.3, 0.4) is 0 Å². The maximum Gasteiger partial charge on any atom is 0.223 e. The zero-order valence-electron chi connectivity index (χ0n) is 11.3. The zero-order chi connectivity index (χ0) is 13.7. The molecule has 1 aromatic rings. The van der Waals surface area contributed by atoms with Crippen molar-refractivity contribution < 1.29 is 9.18 Å². The first kappa shape index (κ1) is 14.0. The molecule has 1 aliphatic rings. The second-order valence-corrected chi connectivity index (χ2v) is 5.21. The minimum Gasteiger partial charge on any atom is -0.356 e. The molecule has 1 fully saturated rings. The maximum atomic E-state index is 13.4. The molecule has 4 heteroatoms. The molecule has 2 atom stereocenters. The van der Waals surface area contributed by atoms with Crippen LogP contribution in [-0.2, 0) is 11.2 Å². The van der Waals surface area contributed by atoms with Crippen molar-refractivity contribution in [3.05, 3.63) is 35.6 Å². The molecule has 1 aromatic carbocycles. The van der Waals surface area contributed by atoms with Crippen molar-refractivity contribution in [2.24, 2.45) is 5.92 Å². The predicted molar refractivity (Wildman–Crippen MR) is 73.3 cm³/mol. The fourth-order valence-corrected chi connectivity index (χ4v) is 2.54. The van der Waals surface area contributed by atoms with Crippen LogP contribution in [0.4, 0.5) is 4.39 Å². The molecular formula is C15H21FN2O. The van der Waals surface area contributed by atoms with Crippen LogP contribution < -0.4 is 10.6 Å². The average Bonchev–Trinajstić information content (AvgIpc) is 2.41. The van der Waals surface area contributed by atoms with Crippen LogP contribution in [0.5, 0.6) is 0 Å². The molecule has 104 valence electrons. The fraction of sp³-hybridized carbons (Fsp3) is 0.533. The topological polar surface area (TPSA) is 41.1 Å². The summed E-state index contributed by atoms with van der Waals surface area (Å²) >= 11 is 0. The lowest BCUT2D eigenvalue weighted by atomic mass is 9.92. The molecule has 19 heavy (non-hydrogen) atoms. The van der Waals surface area contributed by atoms with Gasteiger partial charge >= 0.3 is 0 Å². The van der Waals surface area contributed by atoms with E-state index in [2.05, 4.69) is 17.6 Å². The third-order valence-corrected chi connectivity index (χ3v) is 3.65. The van der Waals surface area contributed by atoms with Crippen molar-refractivity contribution in [1.29, 1.82) is 0 Å². The Hall–Kier alpha value is -1.42. The highest BCUT2D eigenvalue weighted by atomic mass is 19.1. The molecule has 3 nitrogen and oxygen atoms in total. The van der Waals surface area contributed by atoms with Crippen LogP contribution >= 0.6 is 0 Å². The van der Waals surface area contributed by atoms with Gasteiger partial charge in [0, 0.05) is 18.5 Å². The molecule has 1 amide bonds. The molecule has 0 spiro atoms. The molecule has 0 aliphatic carbocycles. The van der Waals surface area contributed by atoms with E-state index in [1.165, 1.54) is 6.07 Å². The fourth-order valence-electron chi connectivity index (χ4n) is 2.54. The van der Waals surface area contributed by atoms with Crippen LogP contribution in [0, 0.1) is 11.7 Å². The van der Waals surface area contributed by atoms with Crippen molar-refractivity contribution in [1.82, 2.24) is 10.6 Å². The van der Waals surface area contributed by atoms with Crippen LogP contribution in [0.2, 0.25) is 0 Å². The maximum absolute atomic E-state index is 13.4. The number of benzene rings is 1. The van der Waals surface area contributed by atoms with E-state index in [4.69, 9.17) is 0 Å². The van der Waals surface area contributed by atoms with Crippen LogP contribution in [-0.4, -0.2) is 25.0 Å². The SMILES string of the molecule is CC1CC(C(=O)NCCc2ccccc2F)CCN1. The highest BCUT2D eigenvalue weighted by Crippen LogP contribution is 2.16. The Kier molecular flexibility index (Phi) is 4.91. The van der Waals surface area contributed by atoms with E-state index in [0.29, 0.717) is 24.6 Å². The van der Waals surface area contributed by atoms with Gasteiger partial charge in [-0.25, -0.2) is 4.39 Å². The number of hydrogen-bond donors (Lipinski definition) is 2. The van der Waals surface area contributed by atoms with Crippen LogP contribution in [0.1, 0.15) is 25.3 Å². The monoisotopic (exact) mass is 264 g/mol. The predicted octanol–water partition coefficient (Wildman–Crippen LogP) is 1.87. The Morgan fingerprint density at radius 3 is 3.00 bits per heavy atom. The first-order valence-corrected chi connectivity index (χ1v) is 6.91. The first-order chi connectivity index (χ1) is 9.16.